The molecule has 3 heterocycles. The summed E-state index contributed by atoms with van der Waals surface area (Å²) in [6.45, 7) is 0. The smallest absolute Gasteiger partial charge is 0.209 e. The predicted molar refractivity (Wildman–Crippen MR) is 109 cm³/mol. The number of halogens is 1. The van der Waals surface area contributed by atoms with Gasteiger partial charge in [-0.25, -0.2) is 18.7 Å². The van der Waals surface area contributed by atoms with Crippen LogP contribution >= 0.6 is 0 Å². The van der Waals surface area contributed by atoms with Crippen LogP contribution in [0.4, 0.5) is 4.39 Å². The molecule has 0 fully saturated rings. The lowest BCUT2D eigenvalue weighted by atomic mass is 10.2. The van der Waals surface area contributed by atoms with Crippen molar-refractivity contribution in [3.05, 3.63) is 108 Å². The molecule has 0 saturated carbocycles. The summed E-state index contributed by atoms with van der Waals surface area (Å²) in [5.41, 5.74) is 2.08. The lowest BCUT2D eigenvalue weighted by Gasteiger charge is -2.11. The topological polar surface area (TPSA) is 70.5 Å². The van der Waals surface area contributed by atoms with Gasteiger partial charge in [0.25, 0.3) is 0 Å². The molecule has 0 aliphatic heterocycles. The van der Waals surface area contributed by atoms with Gasteiger partial charge in [-0.3, -0.25) is 4.79 Å². The second-order valence-corrected chi connectivity index (χ2v) is 6.54. The highest BCUT2D eigenvalue weighted by Crippen LogP contribution is 2.20. The molecule has 30 heavy (non-hydrogen) atoms. The largest absolute Gasteiger partial charge is 0.306 e. The van der Waals surface area contributed by atoms with Crippen molar-refractivity contribution in [1.29, 1.82) is 0 Å². The molecule has 0 radical (unpaired) electrons. The molecule has 146 valence electrons. The molecule has 5 rings (SSSR count). The summed E-state index contributed by atoms with van der Waals surface area (Å²) in [6, 6.07) is 17.3. The third kappa shape index (κ3) is 3.10. The molecule has 0 unspecified atom stereocenters. The first-order valence-electron chi connectivity index (χ1n) is 9.19. The summed E-state index contributed by atoms with van der Waals surface area (Å²) in [6.07, 6.45) is 7.99. The van der Waals surface area contributed by atoms with Crippen molar-refractivity contribution in [2.45, 2.75) is 0 Å². The molecule has 8 heteroatoms. The average Bonchev–Trinajstić information content (AvgIpc) is 3.47. The van der Waals surface area contributed by atoms with E-state index in [0.717, 1.165) is 5.69 Å². The first-order valence-corrected chi connectivity index (χ1v) is 9.19. The summed E-state index contributed by atoms with van der Waals surface area (Å²) in [4.78, 5) is 16.5. The molecule has 7 nitrogen and oxygen atoms in total. The van der Waals surface area contributed by atoms with Gasteiger partial charge in [0, 0.05) is 36.4 Å². The lowest BCUT2D eigenvalue weighted by Crippen LogP contribution is -2.15. The number of rotatable bonds is 4. The lowest BCUT2D eigenvalue weighted by molar-refractivity contribution is 0.607. The maximum atomic E-state index is 14.9. The first-order chi connectivity index (χ1) is 14.7. The molecule has 0 amide bonds. The Morgan fingerprint density at radius 3 is 2.50 bits per heavy atom. The van der Waals surface area contributed by atoms with Gasteiger partial charge in [-0.15, -0.1) is 0 Å². The molecule has 3 aromatic heterocycles. The average molecular weight is 398 g/mol. The summed E-state index contributed by atoms with van der Waals surface area (Å²) in [7, 11) is 0. The molecule has 0 atom stereocenters. The highest BCUT2D eigenvalue weighted by molar-refractivity contribution is 5.57. The molecule has 2 aromatic carbocycles. The molecular formula is C22H15FN6O. The molecule has 5 aromatic rings. The van der Waals surface area contributed by atoms with Crippen molar-refractivity contribution in [3.8, 4) is 28.5 Å². The number of para-hydroxylation sites is 1. The Bertz CT molecular complexity index is 1370. The maximum absolute atomic E-state index is 14.9. The van der Waals surface area contributed by atoms with Crippen molar-refractivity contribution in [3.63, 3.8) is 0 Å². The Morgan fingerprint density at radius 1 is 0.867 bits per heavy atom. The SMILES string of the molecule is O=c1ccn(-c2ccc(-n3ccnc3)cc2F)nc1-c1ccnn1-c1ccccc1. The van der Waals surface area contributed by atoms with Crippen LogP contribution in [0.25, 0.3) is 28.5 Å². The van der Waals surface area contributed by atoms with Gasteiger partial charge in [-0.1, -0.05) is 18.2 Å². The Kier molecular flexibility index (Phi) is 4.29. The quantitative estimate of drug-likeness (QED) is 0.465. The van der Waals surface area contributed by atoms with Crippen molar-refractivity contribution in [2.24, 2.45) is 0 Å². The monoisotopic (exact) mass is 398 g/mol. The van der Waals surface area contributed by atoms with E-state index in [2.05, 4.69) is 15.2 Å². The predicted octanol–water partition coefficient (Wildman–Crippen LogP) is 3.41. The normalized spacial score (nSPS) is 11.0. The number of imidazole rings is 1. The Labute approximate surface area is 170 Å². The number of nitrogens with zero attached hydrogens (tertiary/aromatic N) is 6. The molecule has 0 bridgehead atoms. The van der Waals surface area contributed by atoms with E-state index in [1.807, 2.05) is 30.3 Å². The maximum Gasteiger partial charge on any atom is 0.209 e. The number of benzene rings is 2. The number of aromatic nitrogens is 6. The fourth-order valence-corrected chi connectivity index (χ4v) is 3.23. The zero-order chi connectivity index (χ0) is 20.5. The van der Waals surface area contributed by atoms with E-state index in [9.17, 15) is 9.18 Å². The molecule has 0 spiro atoms. The molecular weight excluding hydrogens is 383 g/mol. The van der Waals surface area contributed by atoms with Crippen LogP contribution < -0.4 is 5.43 Å². The highest BCUT2D eigenvalue weighted by Gasteiger charge is 2.15. The molecule has 0 N–H and O–H groups in total. The van der Waals surface area contributed by atoms with Crippen molar-refractivity contribution < 1.29 is 4.39 Å². The van der Waals surface area contributed by atoms with Gasteiger partial charge in [0.15, 0.2) is 11.5 Å². The van der Waals surface area contributed by atoms with Gasteiger partial charge in [-0.05, 0) is 30.3 Å². The number of hydrogen-bond acceptors (Lipinski definition) is 4. The van der Waals surface area contributed by atoms with E-state index in [1.165, 1.54) is 23.0 Å². The minimum atomic E-state index is -0.472. The fraction of sp³-hybridized carbons (Fsp3) is 0. The Hall–Kier alpha value is -4.33. The van der Waals surface area contributed by atoms with E-state index in [1.54, 1.807) is 52.4 Å². The van der Waals surface area contributed by atoms with Crippen LogP contribution in [0.1, 0.15) is 0 Å². The van der Waals surface area contributed by atoms with E-state index >= 15 is 0 Å². The summed E-state index contributed by atoms with van der Waals surface area (Å²) < 4.78 is 19.5. The van der Waals surface area contributed by atoms with Crippen molar-refractivity contribution in [1.82, 2.24) is 29.1 Å². The van der Waals surface area contributed by atoms with Gasteiger partial charge in [-0.2, -0.15) is 10.2 Å². The summed E-state index contributed by atoms with van der Waals surface area (Å²) in [5, 5.41) is 8.72. The van der Waals surface area contributed by atoms with Crippen LogP contribution in [0, 0.1) is 5.82 Å². The van der Waals surface area contributed by atoms with Crippen LogP contribution in [-0.4, -0.2) is 29.1 Å². The van der Waals surface area contributed by atoms with Gasteiger partial charge < -0.3 is 4.57 Å². The third-order valence-electron chi connectivity index (χ3n) is 4.67. The number of hydrogen-bond donors (Lipinski definition) is 0. The van der Waals surface area contributed by atoms with Gasteiger partial charge in [0.05, 0.1) is 23.9 Å². The van der Waals surface area contributed by atoms with Gasteiger partial charge in [0.2, 0.25) is 5.43 Å². The molecule has 0 aliphatic rings. The highest BCUT2D eigenvalue weighted by atomic mass is 19.1. The van der Waals surface area contributed by atoms with E-state index in [-0.39, 0.29) is 16.8 Å². The first kappa shape index (κ1) is 17.7. The van der Waals surface area contributed by atoms with Crippen LogP contribution in [0.2, 0.25) is 0 Å². The Balaban J connectivity index is 1.59. The summed E-state index contributed by atoms with van der Waals surface area (Å²) >= 11 is 0. The van der Waals surface area contributed by atoms with Gasteiger partial charge >= 0.3 is 0 Å². The summed E-state index contributed by atoms with van der Waals surface area (Å²) in [5.74, 6) is -0.472. The van der Waals surface area contributed by atoms with Gasteiger partial charge in [0.1, 0.15) is 5.69 Å². The zero-order valence-corrected chi connectivity index (χ0v) is 15.6. The van der Waals surface area contributed by atoms with Crippen molar-refractivity contribution >= 4 is 0 Å². The second kappa shape index (κ2) is 7.25. The Morgan fingerprint density at radius 2 is 1.73 bits per heavy atom. The minimum Gasteiger partial charge on any atom is -0.306 e. The van der Waals surface area contributed by atoms with E-state index < -0.39 is 5.82 Å². The zero-order valence-electron chi connectivity index (χ0n) is 15.6. The van der Waals surface area contributed by atoms with Crippen LogP contribution in [0.5, 0.6) is 0 Å². The van der Waals surface area contributed by atoms with Crippen LogP contribution in [-0.2, 0) is 0 Å². The standard InChI is InChI=1S/C22H15FN6O/c23-18-14-17(27-13-11-24-15-27)6-7-19(18)28-12-9-21(30)22(26-28)20-8-10-25-29(20)16-4-2-1-3-5-16/h1-15H. The van der Waals surface area contributed by atoms with Crippen LogP contribution in [0.15, 0.2) is 96.6 Å². The minimum absolute atomic E-state index is 0.178. The molecule has 0 saturated heterocycles. The van der Waals surface area contributed by atoms with E-state index in [0.29, 0.717) is 11.4 Å². The van der Waals surface area contributed by atoms with E-state index in [4.69, 9.17) is 0 Å². The molecule has 0 aliphatic carbocycles. The van der Waals surface area contributed by atoms with Crippen molar-refractivity contribution in [2.75, 3.05) is 0 Å². The fourth-order valence-electron chi connectivity index (χ4n) is 3.23. The second-order valence-electron chi connectivity index (χ2n) is 6.54. The third-order valence-corrected chi connectivity index (χ3v) is 4.67. The van der Waals surface area contributed by atoms with Crippen LogP contribution in [0.3, 0.4) is 0 Å².